The van der Waals surface area contributed by atoms with E-state index in [9.17, 15) is 58.0 Å². The third-order valence-corrected chi connectivity index (χ3v) is 19.7. The molecule has 4 saturated carbocycles. The standard InChI is InChI=1S/C19H23F3N6O3.C19H26N6O2.C18H23ClN6O2.C18H23FN6O2/c20-19(21,22)31-15-3-1-2-13(8-15)10-25-18-26-11-16(28(29)30)17(27-18)24-9-12-4-6-14(23)7-5-12;1-13-3-2-4-15(9-13)11-22-19-23-12-17(25(26)27)18(24-19)21-10-14-5-7-16(20)8-6-14;2*19-14-3-1-2-13(8-14)10-22-18-23-11-16(25(26)27)17(24-18)21-9-12-4-6-15(20)7-5-12/h1-3,8,11-12,14H,4-7,9-10,23H2,(H2,24,25,26,27);2-4,9,12,14,16H,5-8,10-11,20H2,1H3,(H2,21,22,23,24);2*1-3,8,11-12,15H,4-7,9-10,20H2,(H2,21,22,23,24). The highest BCUT2D eigenvalue weighted by Gasteiger charge is 2.32. The Bertz CT molecular complexity index is 4070. The fourth-order valence-electron chi connectivity index (χ4n) is 13.1. The second-order valence-corrected chi connectivity index (χ2v) is 28.7. The van der Waals surface area contributed by atoms with Crippen LogP contribution in [0.25, 0.3) is 0 Å². The quantitative estimate of drug-likeness (QED) is 0.0118. The van der Waals surface area contributed by atoms with Gasteiger partial charge in [0.15, 0.2) is 0 Å². The molecule has 0 spiro atoms. The first-order valence-electron chi connectivity index (χ1n) is 37.1. The lowest BCUT2D eigenvalue weighted by molar-refractivity contribution is -0.384. The molecule has 4 fully saturated rings. The number of benzene rings is 4. The molecule has 4 aliphatic rings. The van der Waals surface area contributed by atoms with E-state index in [1.54, 1.807) is 24.3 Å². The van der Waals surface area contributed by atoms with Crippen molar-refractivity contribution < 1.29 is 42.0 Å². The Kier molecular flexibility index (Phi) is 32.1. The zero-order chi connectivity index (χ0) is 80.1. The van der Waals surface area contributed by atoms with Crippen molar-refractivity contribution in [2.45, 2.75) is 166 Å². The summed E-state index contributed by atoms with van der Waals surface area (Å²) in [6.07, 6.45) is 15.7. The van der Waals surface area contributed by atoms with Crippen LogP contribution < -0.4 is 70.2 Å². The van der Waals surface area contributed by atoms with Gasteiger partial charge in [-0.1, -0.05) is 77.8 Å². The predicted octanol–water partition coefficient (Wildman–Crippen LogP) is 13.7. The van der Waals surface area contributed by atoms with Crippen molar-refractivity contribution in [3.8, 4) is 5.75 Å². The van der Waals surface area contributed by atoms with Crippen LogP contribution in [-0.2, 0) is 26.2 Å². The van der Waals surface area contributed by atoms with E-state index in [1.165, 1.54) is 54.5 Å². The number of rotatable bonds is 29. The first-order valence-corrected chi connectivity index (χ1v) is 37.5. The Morgan fingerprint density at radius 3 is 0.991 bits per heavy atom. The van der Waals surface area contributed by atoms with E-state index in [1.807, 2.05) is 43.3 Å². The molecule has 0 amide bonds. The van der Waals surface area contributed by atoms with Crippen LogP contribution in [0.5, 0.6) is 5.75 Å². The van der Waals surface area contributed by atoms with Crippen LogP contribution in [0, 0.1) is 76.9 Å². The summed E-state index contributed by atoms with van der Waals surface area (Å²) in [6.45, 7) is 5.90. The summed E-state index contributed by atoms with van der Waals surface area (Å²) < 4.78 is 54.3. The molecule has 0 radical (unpaired) electrons. The van der Waals surface area contributed by atoms with Crippen molar-refractivity contribution in [3.05, 3.63) is 201 Å². The van der Waals surface area contributed by atoms with Crippen LogP contribution in [0.3, 0.4) is 0 Å². The number of aromatic nitrogens is 8. The van der Waals surface area contributed by atoms with Crippen molar-refractivity contribution in [2.75, 3.05) is 68.7 Å². The summed E-state index contributed by atoms with van der Waals surface area (Å²) >= 11 is 5.98. The molecule has 0 bridgehead atoms. The van der Waals surface area contributed by atoms with Crippen molar-refractivity contribution in [1.82, 2.24) is 39.9 Å². The van der Waals surface area contributed by atoms with Gasteiger partial charge in [-0.25, -0.2) is 24.3 Å². The number of aryl methyl sites for hydroxylation is 1. The second kappa shape index (κ2) is 42.3. The minimum Gasteiger partial charge on any atom is -0.406 e. The maximum atomic E-state index is 13.2. The first-order chi connectivity index (χ1) is 53.7. The van der Waals surface area contributed by atoms with E-state index in [-0.39, 0.29) is 100 Å². The number of hydrogen-bond donors (Lipinski definition) is 12. The monoisotopic (exact) mass is 1570 g/mol. The van der Waals surface area contributed by atoms with Crippen molar-refractivity contribution in [2.24, 2.45) is 46.6 Å². The van der Waals surface area contributed by atoms with E-state index in [4.69, 9.17) is 34.5 Å². The summed E-state index contributed by atoms with van der Waals surface area (Å²) in [7, 11) is 0. The topological polar surface area (TPSA) is 485 Å². The molecule has 8 aromatic rings. The lowest BCUT2D eigenvalue weighted by Crippen LogP contribution is -2.29. The number of nitro groups is 4. The maximum Gasteiger partial charge on any atom is 0.573 e. The van der Waals surface area contributed by atoms with Crippen LogP contribution in [0.15, 0.2) is 122 Å². The number of nitrogens with one attached hydrogen (secondary N) is 8. The molecule has 4 aliphatic carbocycles. The number of halogens is 5. The molecule has 0 aliphatic heterocycles. The van der Waals surface area contributed by atoms with Gasteiger partial charge in [-0.3, -0.25) is 40.5 Å². The van der Waals surface area contributed by atoms with Crippen LogP contribution in [0.2, 0.25) is 5.02 Å². The highest BCUT2D eigenvalue weighted by Crippen LogP contribution is 2.33. The van der Waals surface area contributed by atoms with E-state index < -0.39 is 26.1 Å². The molecular weight excluding hydrogens is 1480 g/mol. The predicted molar refractivity (Wildman–Crippen MR) is 420 cm³/mol. The highest BCUT2D eigenvalue weighted by molar-refractivity contribution is 6.30. The average molecular weight is 1580 g/mol. The van der Waals surface area contributed by atoms with E-state index >= 15 is 0 Å². The zero-order valence-electron chi connectivity index (χ0n) is 61.9. The molecule has 4 aromatic carbocycles. The Balaban J connectivity index is 0.000000172. The smallest absolute Gasteiger partial charge is 0.406 e. The number of anilines is 8. The van der Waals surface area contributed by atoms with Crippen molar-refractivity contribution in [1.29, 1.82) is 0 Å². The highest BCUT2D eigenvalue weighted by atomic mass is 35.5. The van der Waals surface area contributed by atoms with Gasteiger partial charge in [-0.2, -0.15) is 19.9 Å². The Labute approximate surface area is 648 Å². The molecule has 600 valence electrons. The fourth-order valence-corrected chi connectivity index (χ4v) is 13.3. The Morgan fingerprint density at radius 1 is 0.411 bits per heavy atom. The van der Waals surface area contributed by atoms with Crippen LogP contribution in [0.1, 0.15) is 131 Å². The molecule has 4 heterocycles. The second-order valence-electron chi connectivity index (χ2n) is 28.2. The van der Waals surface area contributed by atoms with E-state index in [0.29, 0.717) is 92.0 Å². The van der Waals surface area contributed by atoms with Gasteiger partial charge < -0.3 is 70.2 Å². The Morgan fingerprint density at radius 2 is 0.696 bits per heavy atom. The Hall–Kier alpha value is -11.2. The lowest BCUT2D eigenvalue weighted by Gasteiger charge is -2.26. The van der Waals surface area contributed by atoms with Gasteiger partial charge in [0.2, 0.25) is 47.1 Å². The lowest BCUT2D eigenvalue weighted by atomic mass is 9.86. The number of hydrogen-bond acceptors (Lipinski definition) is 29. The number of nitrogens with two attached hydrogens (primary N) is 4. The van der Waals surface area contributed by atoms with Gasteiger partial charge in [-0.05, 0) is 192 Å². The van der Waals surface area contributed by atoms with Gasteiger partial charge in [0.05, 0.1) is 19.7 Å². The number of nitrogens with zero attached hydrogens (tertiary/aromatic N) is 12. The van der Waals surface area contributed by atoms with Crippen molar-refractivity contribution >= 4 is 81.4 Å². The fraction of sp³-hybridized carbons (Fsp3) is 0.459. The molecule has 0 atom stereocenters. The van der Waals surface area contributed by atoms with Crippen LogP contribution in [-0.4, -0.2) is 116 Å². The van der Waals surface area contributed by atoms with Crippen LogP contribution >= 0.6 is 11.6 Å². The van der Waals surface area contributed by atoms with Gasteiger partial charge in [0.1, 0.15) is 36.4 Å². The maximum absolute atomic E-state index is 13.2. The normalized spacial score (nSPS) is 19.3. The van der Waals surface area contributed by atoms with Crippen LogP contribution in [0.4, 0.5) is 87.4 Å². The molecule has 4 aromatic heterocycles. The molecular formula is C74H95ClF4N24O9. The van der Waals surface area contributed by atoms with Gasteiger partial charge in [0, 0.05) is 81.5 Å². The summed E-state index contributed by atoms with van der Waals surface area (Å²) in [4.78, 5) is 76.2. The summed E-state index contributed by atoms with van der Waals surface area (Å²) in [5.41, 5.74) is 27.5. The SMILES string of the molecule is Cc1cccc(CNc2ncc([N+](=O)[O-])c(NCC3CCC(N)CC3)n2)c1.NC1CCC(CNc2nc(NCc3cccc(Cl)c3)ncc2[N+](=O)[O-])CC1.NC1CCC(CNc2nc(NCc3cccc(F)c3)ncc2[N+](=O)[O-])CC1.NC1CCC(CNc2nc(NCc3cccc(OC(F)(F)F)c3)ncc2[N+](=O)[O-])CC1. The minimum atomic E-state index is -4.78. The molecule has 38 heteroatoms. The summed E-state index contributed by atoms with van der Waals surface area (Å²) in [5, 5.41) is 70.2. The molecule has 112 heavy (non-hydrogen) atoms. The third kappa shape index (κ3) is 28.6. The van der Waals surface area contributed by atoms with Gasteiger partial charge >= 0.3 is 29.1 Å². The average Bonchev–Trinajstić information content (AvgIpc) is 0.851. The molecule has 0 unspecified atom stereocenters. The minimum absolute atomic E-state index is 0.0894. The third-order valence-electron chi connectivity index (χ3n) is 19.5. The molecule has 33 nitrogen and oxygen atoms in total. The molecule has 12 rings (SSSR count). The molecule has 16 N–H and O–H groups in total. The van der Waals surface area contributed by atoms with Gasteiger partial charge in [-0.15, -0.1) is 13.2 Å². The van der Waals surface area contributed by atoms with Crippen molar-refractivity contribution in [3.63, 3.8) is 0 Å². The summed E-state index contributed by atoms with van der Waals surface area (Å²) in [5.74, 6) is 2.84. The summed E-state index contributed by atoms with van der Waals surface area (Å²) in [6, 6.07) is 28.2. The zero-order valence-corrected chi connectivity index (χ0v) is 62.6. The van der Waals surface area contributed by atoms with E-state index in [2.05, 4.69) is 93.2 Å². The molecule has 0 saturated heterocycles. The largest absolute Gasteiger partial charge is 0.573 e. The number of ether oxygens (including phenoxy) is 1. The first kappa shape index (κ1) is 84.9. The number of alkyl halides is 3. The van der Waals surface area contributed by atoms with E-state index in [0.717, 1.165) is 126 Å². The van der Waals surface area contributed by atoms with Gasteiger partial charge in [0.25, 0.3) is 0 Å².